The molecule has 0 aliphatic rings. The van der Waals surface area contributed by atoms with E-state index in [0.717, 1.165) is 11.7 Å². The second-order valence-corrected chi connectivity index (χ2v) is 4.80. The van der Waals surface area contributed by atoms with Crippen molar-refractivity contribution in [1.82, 2.24) is 8.75 Å². The van der Waals surface area contributed by atoms with Crippen molar-refractivity contribution in [1.29, 1.82) is 5.26 Å². The predicted octanol–water partition coefficient (Wildman–Crippen LogP) is 0.185. The van der Waals surface area contributed by atoms with E-state index in [1.165, 1.54) is 0 Å². The van der Waals surface area contributed by atoms with E-state index in [-0.39, 0.29) is 35.3 Å². The zero-order valence-corrected chi connectivity index (χ0v) is 14.2. The summed E-state index contributed by atoms with van der Waals surface area (Å²) >= 11 is 1.08. The molecule has 0 amide bonds. The number of Topliss-reactive ketones (excluding diaryl/α,β-unsaturated/α-hetero) is 1. The van der Waals surface area contributed by atoms with Crippen LogP contribution in [0.3, 0.4) is 0 Å². The molecule has 0 N–H and O–H groups in total. The Labute approximate surface area is 148 Å². The number of carbonyl (C=O) groups is 1. The molecule has 21 heavy (non-hydrogen) atoms. The van der Waals surface area contributed by atoms with Crippen LogP contribution in [0.15, 0.2) is 48.5 Å². The Balaban J connectivity index is 0.00000161. The molecule has 4 nitrogen and oxygen atoms in total. The molecule has 6 heteroatoms. The minimum absolute atomic E-state index is 0. The third-order valence-corrected chi connectivity index (χ3v) is 3.62. The first-order valence-electron chi connectivity index (χ1n) is 6.01. The summed E-state index contributed by atoms with van der Waals surface area (Å²) < 4.78 is 8.33. The van der Waals surface area contributed by atoms with Crippen LogP contribution < -0.4 is 29.6 Å². The molecule has 0 aliphatic heterocycles. The Morgan fingerprint density at radius 1 is 1.10 bits per heavy atom. The fourth-order valence-corrected chi connectivity index (χ4v) is 2.66. The minimum Gasteiger partial charge on any atom is -0.292 e. The summed E-state index contributed by atoms with van der Waals surface area (Å²) in [5.74, 6) is -1.07. The summed E-state index contributed by atoms with van der Waals surface area (Å²) in [6.07, 6.45) is 0. The van der Waals surface area contributed by atoms with Crippen LogP contribution >= 0.6 is 11.7 Å². The summed E-state index contributed by atoms with van der Waals surface area (Å²) in [6.45, 7) is 0. The van der Waals surface area contributed by atoms with Gasteiger partial charge in [-0.3, -0.25) is 4.79 Å². The van der Waals surface area contributed by atoms with E-state index < -0.39 is 5.92 Å². The number of aromatic nitrogens is 2. The van der Waals surface area contributed by atoms with E-state index in [9.17, 15) is 10.1 Å². The molecule has 2 aromatic carbocycles. The third kappa shape index (κ3) is 3.04. The molecule has 96 valence electrons. The maximum Gasteiger partial charge on any atom is 1.00 e. The number of carbonyl (C=O) groups excluding carboxylic acids is 1. The normalized spacial score (nSPS) is 11.4. The molecule has 0 fully saturated rings. The molecular weight excluding hydrogens is 293 g/mol. The van der Waals surface area contributed by atoms with Crippen molar-refractivity contribution in [3.8, 4) is 6.07 Å². The van der Waals surface area contributed by atoms with Crippen molar-refractivity contribution in [2.24, 2.45) is 0 Å². The van der Waals surface area contributed by atoms with Gasteiger partial charge in [-0.05, 0) is 6.07 Å². The molecular formula is C15H9N3NaOS+. The van der Waals surface area contributed by atoms with Crippen molar-refractivity contribution in [2.45, 2.75) is 5.92 Å². The van der Waals surface area contributed by atoms with Gasteiger partial charge in [0.2, 0.25) is 0 Å². The number of nitriles is 1. The smallest absolute Gasteiger partial charge is 0.292 e. The first kappa shape index (κ1) is 15.8. The maximum absolute atomic E-state index is 12.5. The van der Waals surface area contributed by atoms with Gasteiger partial charge in [-0.2, -0.15) is 14.0 Å². The van der Waals surface area contributed by atoms with Crippen molar-refractivity contribution < 1.29 is 34.4 Å². The van der Waals surface area contributed by atoms with Crippen LogP contribution in [0.1, 0.15) is 21.8 Å². The summed E-state index contributed by atoms with van der Waals surface area (Å²) in [4.78, 5) is 12.5. The van der Waals surface area contributed by atoms with E-state index in [0.29, 0.717) is 22.2 Å². The molecule has 0 spiro atoms. The average molecular weight is 302 g/mol. The second kappa shape index (κ2) is 6.92. The Bertz CT molecular complexity index is 810. The van der Waals surface area contributed by atoms with Gasteiger partial charge in [-0.15, -0.1) is 0 Å². The topological polar surface area (TPSA) is 66.6 Å². The van der Waals surface area contributed by atoms with E-state index >= 15 is 0 Å². The van der Waals surface area contributed by atoms with E-state index in [2.05, 4.69) is 14.8 Å². The van der Waals surface area contributed by atoms with Crippen LogP contribution in [-0.4, -0.2) is 14.5 Å². The molecule has 0 saturated carbocycles. The summed E-state index contributed by atoms with van der Waals surface area (Å²) in [5.41, 5.74) is 2.49. The van der Waals surface area contributed by atoms with Crippen LogP contribution in [0, 0.1) is 11.3 Å². The van der Waals surface area contributed by atoms with Crippen LogP contribution in [0.25, 0.3) is 11.0 Å². The quantitative estimate of drug-likeness (QED) is 0.511. The average Bonchev–Trinajstić information content (AvgIpc) is 2.98. The number of hydrogen-bond acceptors (Lipinski definition) is 5. The Kier molecular flexibility index (Phi) is 5.21. The van der Waals surface area contributed by atoms with Gasteiger partial charge in [0.25, 0.3) is 0 Å². The maximum atomic E-state index is 12.5. The number of fused-ring (bicyclic) bond motifs is 1. The van der Waals surface area contributed by atoms with Crippen LogP contribution in [0.4, 0.5) is 0 Å². The standard InChI is InChI=1S/C15H9N3OS.Na/c16-9-12(15(19)10-5-2-1-3-6-10)11-7-4-8-13-14(11)18-20-17-13;/h1-8,12H;/q;+1. The van der Waals surface area contributed by atoms with E-state index in [4.69, 9.17) is 0 Å². The van der Waals surface area contributed by atoms with Crippen molar-refractivity contribution in [3.05, 3.63) is 59.7 Å². The molecule has 0 saturated heterocycles. The van der Waals surface area contributed by atoms with Crippen molar-refractivity contribution in [3.63, 3.8) is 0 Å². The molecule has 1 unspecified atom stereocenters. The first-order valence-corrected chi connectivity index (χ1v) is 6.74. The molecule has 1 heterocycles. The number of nitrogens with zero attached hydrogens (tertiary/aromatic N) is 3. The molecule has 3 aromatic rings. The van der Waals surface area contributed by atoms with Crippen molar-refractivity contribution >= 4 is 28.5 Å². The molecule has 1 atom stereocenters. The van der Waals surface area contributed by atoms with Gasteiger partial charge in [-0.1, -0.05) is 42.5 Å². The van der Waals surface area contributed by atoms with E-state index in [1.807, 2.05) is 12.1 Å². The molecule has 0 aliphatic carbocycles. The molecule has 3 rings (SSSR count). The first-order chi connectivity index (χ1) is 9.81. The van der Waals surface area contributed by atoms with Gasteiger partial charge in [0, 0.05) is 11.1 Å². The SMILES string of the molecule is N#CC(C(=O)c1ccccc1)c1cccc2nsnc12.[Na+]. The second-order valence-electron chi connectivity index (χ2n) is 4.27. The van der Waals surface area contributed by atoms with Gasteiger partial charge in [0.1, 0.15) is 17.0 Å². The fourth-order valence-electron chi connectivity index (χ4n) is 2.10. The largest absolute Gasteiger partial charge is 1.00 e. The van der Waals surface area contributed by atoms with Gasteiger partial charge >= 0.3 is 29.6 Å². The van der Waals surface area contributed by atoms with Gasteiger partial charge in [0.05, 0.1) is 17.8 Å². The summed E-state index contributed by atoms with van der Waals surface area (Å²) in [5, 5.41) is 9.39. The number of ketones is 1. The monoisotopic (exact) mass is 302 g/mol. The zero-order valence-electron chi connectivity index (χ0n) is 11.4. The number of benzene rings is 2. The fraction of sp³-hybridized carbons (Fsp3) is 0.0667. The Morgan fingerprint density at radius 3 is 2.57 bits per heavy atom. The minimum atomic E-state index is -0.856. The van der Waals surface area contributed by atoms with Gasteiger partial charge in [0.15, 0.2) is 5.78 Å². The predicted molar refractivity (Wildman–Crippen MR) is 76.5 cm³/mol. The number of rotatable bonds is 3. The zero-order chi connectivity index (χ0) is 13.9. The third-order valence-electron chi connectivity index (χ3n) is 3.08. The van der Waals surface area contributed by atoms with Gasteiger partial charge < -0.3 is 0 Å². The molecule has 0 bridgehead atoms. The Morgan fingerprint density at radius 2 is 1.86 bits per heavy atom. The summed E-state index contributed by atoms with van der Waals surface area (Å²) in [7, 11) is 0. The molecule has 1 aromatic heterocycles. The number of hydrogen-bond donors (Lipinski definition) is 0. The summed E-state index contributed by atoms with van der Waals surface area (Å²) in [6, 6.07) is 16.3. The van der Waals surface area contributed by atoms with E-state index in [1.54, 1.807) is 36.4 Å². The van der Waals surface area contributed by atoms with Crippen molar-refractivity contribution in [2.75, 3.05) is 0 Å². The van der Waals surface area contributed by atoms with Crippen LogP contribution in [0.5, 0.6) is 0 Å². The Hall–Kier alpha value is -1.58. The van der Waals surface area contributed by atoms with Gasteiger partial charge in [-0.25, -0.2) is 0 Å². The van der Waals surface area contributed by atoms with Crippen LogP contribution in [0.2, 0.25) is 0 Å². The molecule has 0 radical (unpaired) electrons. The van der Waals surface area contributed by atoms with Crippen LogP contribution in [-0.2, 0) is 0 Å².